The average molecular weight is 753 g/mol. The third-order valence-electron chi connectivity index (χ3n) is 8.03. The van der Waals surface area contributed by atoms with E-state index in [1.165, 1.54) is 30.3 Å². The van der Waals surface area contributed by atoms with E-state index in [4.69, 9.17) is 13.5 Å². The van der Waals surface area contributed by atoms with Crippen molar-refractivity contribution in [2.75, 3.05) is 36.6 Å². The van der Waals surface area contributed by atoms with Crippen molar-refractivity contribution in [3.05, 3.63) is 102 Å². The minimum atomic E-state index is -4.82. The van der Waals surface area contributed by atoms with Crippen LogP contribution in [0.15, 0.2) is 106 Å². The Bertz CT molecular complexity index is 2390. The molecule has 1 spiro atoms. The van der Waals surface area contributed by atoms with Crippen LogP contribution in [0.25, 0.3) is 0 Å². The van der Waals surface area contributed by atoms with Gasteiger partial charge in [-0.3, -0.25) is 9.11 Å². The van der Waals surface area contributed by atoms with E-state index in [1.54, 1.807) is 66.6 Å². The number of hydrogen-bond acceptors (Lipinski definition) is 13. The highest BCUT2D eigenvalue weighted by molar-refractivity contribution is 7.91. The standard InChI is InChI=1S/C30H28N2O13S4/c1-32(13-15-47(35,36)37)22-10-12-25-28(19-22)44-27-18-21(9-11-24(27)30(25)26-7-2-3-8-29(26)48(38,39)45-30)31-20-5-4-6-23(17-20)46(33,34)16-14-43-49(40,41)42/h2-12,17-19,24H,13-16H2,1H3,(H,35,36,37)(H,40,41,42). The van der Waals surface area contributed by atoms with E-state index in [2.05, 4.69) is 9.18 Å². The molecule has 0 radical (unpaired) electrons. The van der Waals surface area contributed by atoms with Gasteiger partial charge in [-0.05, 0) is 42.5 Å². The lowest BCUT2D eigenvalue weighted by Crippen LogP contribution is -2.42. The molecule has 0 saturated heterocycles. The van der Waals surface area contributed by atoms with Crippen LogP contribution in [0.3, 0.4) is 0 Å². The van der Waals surface area contributed by atoms with Gasteiger partial charge < -0.3 is 9.64 Å². The third-order valence-corrected chi connectivity index (χ3v) is 12.2. The van der Waals surface area contributed by atoms with Crippen LogP contribution in [0.1, 0.15) is 11.1 Å². The summed E-state index contributed by atoms with van der Waals surface area (Å²) >= 11 is 0. The number of allylic oxidation sites excluding steroid dienone is 2. The molecule has 0 bridgehead atoms. The lowest BCUT2D eigenvalue weighted by Gasteiger charge is -2.42. The zero-order valence-electron chi connectivity index (χ0n) is 25.4. The molecule has 6 rings (SSSR count). The summed E-state index contributed by atoms with van der Waals surface area (Å²) in [6.07, 6.45) is 4.84. The molecule has 1 aliphatic carbocycles. The Balaban J connectivity index is 1.40. The quantitative estimate of drug-likeness (QED) is 0.225. The van der Waals surface area contributed by atoms with Crippen LogP contribution >= 0.6 is 0 Å². The van der Waals surface area contributed by atoms with E-state index in [0.29, 0.717) is 22.5 Å². The lowest BCUT2D eigenvalue weighted by molar-refractivity contribution is 0.0645. The molecule has 0 saturated carbocycles. The second-order valence-electron chi connectivity index (χ2n) is 11.2. The van der Waals surface area contributed by atoms with Gasteiger partial charge in [0.1, 0.15) is 16.4 Å². The molecule has 0 amide bonds. The molecule has 19 heteroatoms. The van der Waals surface area contributed by atoms with Gasteiger partial charge in [0.25, 0.3) is 20.2 Å². The summed E-state index contributed by atoms with van der Waals surface area (Å²) in [5, 5.41) is 0. The molecule has 2 N–H and O–H groups in total. The summed E-state index contributed by atoms with van der Waals surface area (Å²) in [5.74, 6) is -1.58. The first-order chi connectivity index (χ1) is 22.9. The van der Waals surface area contributed by atoms with Crippen LogP contribution in [0, 0.1) is 5.92 Å². The first kappa shape index (κ1) is 34.9. The molecule has 3 aromatic rings. The minimum Gasteiger partial charge on any atom is -0.460 e. The van der Waals surface area contributed by atoms with E-state index >= 15 is 0 Å². The van der Waals surface area contributed by atoms with Gasteiger partial charge >= 0.3 is 10.4 Å². The van der Waals surface area contributed by atoms with E-state index in [9.17, 15) is 38.2 Å². The normalized spacial score (nSPS) is 21.8. The fourth-order valence-corrected chi connectivity index (χ4v) is 9.30. The second kappa shape index (κ2) is 12.4. The van der Waals surface area contributed by atoms with Crippen LogP contribution in [0.2, 0.25) is 0 Å². The van der Waals surface area contributed by atoms with Crippen LogP contribution in [0.4, 0.5) is 11.4 Å². The Kier molecular flexibility index (Phi) is 8.85. The second-order valence-corrected chi connectivity index (χ2v) is 17.5. The maximum absolute atomic E-state index is 13.4. The van der Waals surface area contributed by atoms with Crippen LogP contribution in [-0.2, 0) is 54.4 Å². The van der Waals surface area contributed by atoms with Gasteiger partial charge in [0.15, 0.2) is 15.4 Å². The summed E-state index contributed by atoms with van der Waals surface area (Å²) in [6, 6.07) is 16.8. The third kappa shape index (κ3) is 7.06. The Labute approximate surface area is 282 Å². The maximum Gasteiger partial charge on any atom is 0.397 e. The molecule has 0 fully saturated rings. The van der Waals surface area contributed by atoms with Crippen molar-refractivity contribution in [3.8, 4) is 5.75 Å². The Morgan fingerprint density at radius 2 is 1.69 bits per heavy atom. The molecular formula is C30H28N2O13S4. The van der Waals surface area contributed by atoms with Crippen molar-refractivity contribution in [3.63, 3.8) is 0 Å². The Morgan fingerprint density at radius 3 is 2.43 bits per heavy atom. The highest BCUT2D eigenvalue weighted by Crippen LogP contribution is 2.58. The van der Waals surface area contributed by atoms with Gasteiger partial charge in [0.05, 0.1) is 40.3 Å². The molecule has 2 aliphatic heterocycles. The number of benzene rings is 3. The van der Waals surface area contributed by atoms with Crippen molar-refractivity contribution >= 4 is 57.6 Å². The van der Waals surface area contributed by atoms with Crippen molar-refractivity contribution in [2.24, 2.45) is 10.9 Å². The minimum absolute atomic E-state index is 0.00979. The molecule has 3 aliphatic rings. The first-order valence-corrected chi connectivity index (χ1v) is 20.4. The molecule has 0 aromatic heterocycles. The van der Waals surface area contributed by atoms with Crippen LogP contribution in [0.5, 0.6) is 5.75 Å². The van der Waals surface area contributed by atoms with Crippen molar-refractivity contribution in [2.45, 2.75) is 15.4 Å². The van der Waals surface area contributed by atoms with Crippen LogP contribution < -0.4 is 9.64 Å². The summed E-state index contributed by atoms with van der Waals surface area (Å²) in [7, 11) is -15.7. The maximum atomic E-state index is 13.4. The molecule has 2 unspecified atom stereocenters. The van der Waals surface area contributed by atoms with Gasteiger partial charge in [0, 0.05) is 42.5 Å². The monoisotopic (exact) mass is 752 g/mol. The smallest absolute Gasteiger partial charge is 0.397 e. The van der Waals surface area contributed by atoms with Crippen molar-refractivity contribution < 1.29 is 55.9 Å². The number of anilines is 1. The Hall–Kier alpha value is -3.95. The SMILES string of the molecule is CN(CCS(=O)(=O)O)c1ccc2c(c1)OC1=CC(=Nc3cccc(S(=O)(=O)CCOS(=O)(=O)O)c3)C=CC1C21OS(=O)(=O)c2ccccc21. The van der Waals surface area contributed by atoms with E-state index < -0.39 is 70.1 Å². The highest BCUT2D eigenvalue weighted by atomic mass is 32.3. The average Bonchev–Trinajstić information content (AvgIpc) is 3.26. The summed E-state index contributed by atoms with van der Waals surface area (Å²) in [5.41, 5.74) is 0.224. The van der Waals surface area contributed by atoms with Gasteiger partial charge in [-0.1, -0.05) is 30.3 Å². The first-order valence-electron chi connectivity index (χ1n) is 14.3. The number of ether oxygens (including phenoxy) is 1. The molecular weight excluding hydrogens is 725 g/mol. The van der Waals surface area contributed by atoms with Gasteiger partial charge in [0.2, 0.25) is 0 Å². The predicted molar refractivity (Wildman–Crippen MR) is 176 cm³/mol. The molecule has 2 heterocycles. The van der Waals surface area contributed by atoms with Gasteiger partial charge in [-0.15, -0.1) is 0 Å². The topological polar surface area (TPSA) is 220 Å². The number of aliphatic imine (C=N–C) groups is 1. The molecule has 15 nitrogen and oxygen atoms in total. The largest absolute Gasteiger partial charge is 0.460 e. The number of fused-ring (bicyclic) bond motifs is 6. The van der Waals surface area contributed by atoms with E-state index in [1.807, 2.05) is 0 Å². The number of hydrogen-bond donors (Lipinski definition) is 2. The highest BCUT2D eigenvalue weighted by Gasteiger charge is 2.59. The van der Waals surface area contributed by atoms with Crippen LogP contribution in [-0.4, -0.2) is 80.2 Å². The fraction of sp³-hybridized carbons (Fsp3) is 0.233. The predicted octanol–water partition coefficient (Wildman–Crippen LogP) is 2.80. The molecule has 260 valence electrons. The van der Waals surface area contributed by atoms with E-state index in [-0.39, 0.29) is 33.5 Å². The Morgan fingerprint density at radius 1 is 0.939 bits per heavy atom. The number of rotatable bonds is 10. The zero-order valence-corrected chi connectivity index (χ0v) is 28.7. The summed E-state index contributed by atoms with van der Waals surface area (Å²) < 4.78 is 131. The van der Waals surface area contributed by atoms with Crippen molar-refractivity contribution in [1.29, 1.82) is 0 Å². The van der Waals surface area contributed by atoms with Gasteiger partial charge in [-0.2, -0.15) is 25.3 Å². The number of nitrogens with zero attached hydrogens (tertiary/aromatic N) is 2. The van der Waals surface area contributed by atoms with E-state index in [0.717, 1.165) is 0 Å². The molecule has 49 heavy (non-hydrogen) atoms. The van der Waals surface area contributed by atoms with Gasteiger partial charge in [-0.25, -0.2) is 21.8 Å². The lowest BCUT2D eigenvalue weighted by atomic mass is 9.71. The number of sulfone groups is 1. The van der Waals surface area contributed by atoms with Crippen molar-refractivity contribution in [1.82, 2.24) is 0 Å². The fourth-order valence-electron chi connectivity index (χ4n) is 5.81. The molecule has 3 aromatic carbocycles. The zero-order chi connectivity index (χ0) is 35.4. The summed E-state index contributed by atoms with van der Waals surface area (Å²) in [4.78, 5) is 5.93. The summed E-state index contributed by atoms with van der Waals surface area (Å²) in [6.45, 7) is -0.848. The molecule has 2 atom stereocenters.